The van der Waals surface area contributed by atoms with Crippen LogP contribution in [-0.4, -0.2) is 11.8 Å². The highest BCUT2D eigenvalue weighted by atomic mass is 35.5. The summed E-state index contributed by atoms with van der Waals surface area (Å²) in [6, 6.07) is 10.8. The topological polar surface area (TPSA) is 58.2 Å². The minimum Gasteiger partial charge on any atom is -0.352 e. The minimum absolute atomic E-state index is 0.199. The van der Waals surface area contributed by atoms with Crippen molar-refractivity contribution in [2.24, 2.45) is 11.8 Å². The predicted octanol–water partition coefficient (Wildman–Crippen LogP) is 4.02. The van der Waals surface area contributed by atoms with Crippen LogP contribution in [0.5, 0.6) is 0 Å². The average molecular weight is 381 g/mol. The van der Waals surface area contributed by atoms with E-state index in [4.69, 9.17) is 23.2 Å². The van der Waals surface area contributed by atoms with Crippen LogP contribution in [0.3, 0.4) is 0 Å². The zero-order chi connectivity index (χ0) is 18.0. The Morgan fingerprint density at radius 3 is 2.24 bits per heavy atom. The van der Waals surface area contributed by atoms with E-state index in [1.165, 1.54) is 12.1 Å². The van der Waals surface area contributed by atoms with Crippen LogP contribution in [0.1, 0.15) is 12.0 Å². The fourth-order valence-electron chi connectivity index (χ4n) is 2.53. The van der Waals surface area contributed by atoms with Crippen molar-refractivity contribution < 1.29 is 14.0 Å². The van der Waals surface area contributed by atoms with Gasteiger partial charge in [0.1, 0.15) is 5.82 Å². The van der Waals surface area contributed by atoms with Gasteiger partial charge in [-0.1, -0.05) is 41.4 Å². The number of hydrogen-bond donors (Lipinski definition) is 2. The van der Waals surface area contributed by atoms with Crippen molar-refractivity contribution in [3.63, 3.8) is 0 Å². The van der Waals surface area contributed by atoms with Crippen molar-refractivity contribution in [1.29, 1.82) is 0 Å². The molecule has 2 atom stereocenters. The van der Waals surface area contributed by atoms with Gasteiger partial charge in [-0.2, -0.15) is 0 Å². The van der Waals surface area contributed by atoms with Crippen LogP contribution in [0.15, 0.2) is 42.5 Å². The molecule has 0 aromatic heterocycles. The van der Waals surface area contributed by atoms with E-state index < -0.39 is 5.92 Å². The predicted molar refractivity (Wildman–Crippen MR) is 94.9 cm³/mol. The first-order valence-corrected chi connectivity index (χ1v) is 8.48. The number of nitrogens with one attached hydrogen (secondary N) is 2. The summed E-state index contributed by atoms with van der Waals surface area (Å²) >= 11 is 12.0. The molecule has 0 spiro atoms. The van der Waals surface area contributed by atoms with E-state index in [0.717, 1.165) is 5.56 Å². The highest BCUT2D eigenvalue weighted by Crippen LogP contribution is 2.40. The first kappa shape index (κ1) is 17.7. The molecule has 1 saturated carbocycles. The Balaban J connectivity index is 1.52. The lowest BCUT2D eigenvalue weighted by atomic mass is 10.2. The van der Waals surface area contributed by atoms with Gasteiger partial charge < -0.3 is 10.6 Å². The van der Waals surface area contributed by atoms with E-state index in [2.05, 4.69) is 10.6 Å². The van der Waals surface area contributed by atoms with Crippen LogP contribution in [0.25, 0.3) is 0 Å². The number of carbonyl (C=O) groups is 2. The van der Waals surface area contributed by atoms with Crippen molar-refractivity contribution in [3.05, 3.63) is 63.9 Å². The molecule has 3 rings (SSSR count). The number of carbonyl (C=O) groups excluding carboxylic acids is 2. The molecule has 2 unspecified atom stereocenters. The monoisotopic (exact) mass is 380 g/mol. The summed E-state index contributed by atoms with van der Waals surface area (Å²) in [6.45, 7) is 0.292. The second kappa shape index (κ2) is 7.42. The maximum absolute atomic E-state index is 12.8. The Morgan fingerprint density at radius 2 is 1.60 bits per heavy atom. The zero-order valence-corrected chi connectivity index (χ0v) is 14.6. The maximum atomic E-state index is 12.8. The van der Waals surface area contributed by atoms with Crippen molar-refractivity contribution >= 4 is 40.7 Å². The Kier molecular flexibility index (Phi) is 5.25. The van der Waals surface area contributed by atoms with E-state index in [9.17, 15) is 14.0 Å². The SMILES string of the molecule is O=C(NCc1ccc(F)cc1)C1CC1C(=O)Nc1c(Cl)cccc1Cl. The summed E-state index contributed by atoms with van der Waals surface area (Å²) in [5.41, 5.74) is 1.15. The van der Waals surface area contributed by atoms with Gasteiger partial charge in [0.15, 0.2) is 0 Å². The molecular formula is C18H15Cl2FN2O2. The van der Waals surface area contributed by atoms with Crippen LogP contribution in [0.4, 0.5) is 10.1 Å². The molecule has 7 heteroatoms. The van der Waals surface area contributed by atoms with Gasteiger partial charge >= 0.3 is 0 Å². The third-order valence-electron chi connectivity index (χ3n) is 4.05. The van der Waals surface area contributed by atoms with Crippen molar-refractivity contribution in [3.8, 4) is 0 Å². The number of halogens is 3. The molecule has 0 radical (unpaired) electrons. The van der Waals surface area contributed by atoms with E-state index in [1.54, 1.807) is 30.3 Å². The third-order valence-corrected chi connectivity index (χ3v) is 4.68. The average Bonchev–Trinajstić information content (AvgIpc) is 3.38. The molecule has 0 bridgehead atoms. The number of hydrogen-bond acceptors (Lipinski definition) is 2. The molecule has 2 aromatic carbocycles. The molecule has 2 N–H and O–H groups in total. The van der Waals surface area contributed by atoms with E-state index >= 15 is 0 Å². The molecule has 2 amide bonds. The quantitative estimate of drug-likeness (QED) is 0.822. The second-order valence-electron chi connectivity index (χ2n) is 5.88. The number of amides is 2. The summed E-state index contributed by atoms with van der Waals surface area (Å²) in [7, 11) is 0. The van der Waals surface area contributed by atoms with Crippen molar-refractivity contribution in [2.75, 3.05) is 5.32 Å². The zero-order valence-electron chi connectivity index (χ0n) is 13.1. The lowest BCUT2D eigenvalue weighted by Gasteiger charge is -2.09. The highest BCUT2D eigenvalue weighted by Gasteiger charge is 2.48. The number of rotatable bonds is 5. The van der Waals surface area contributed by atoms with Gasteiger partial charge in [-0.05, 0) is 36.2 Å². The summed E-state index contributed by atoms with van der Waals surface area (Å²) in [5, 5.41) is 6.13. The molecule has 2 aromatic rings. The molecule has 0 aliphatic heterocycles. The fraction of sp³-hybridized carbons (Fsp3) is 0.222. The Morgan fingerprint density at radius 1 is 1.00 bits per heavy atom. The lowest BCUT2D eigenvalue weighted by Crippen LogP contribution is -2.27. The van der Waals surface area contributed by atoms with Gasteiger partial charge in [-0.25, -0.2) is 4.39 Å². The van der Waals surface area contributed by atoms with Gasteiger partial charge in [-0.15, -0.1) is 0 Å². The molecule has 1 fully saturated rings. The van der Waals surface area contributed by atoms with Crippen LogP contribution < -0.4 is 10.6 Å². The summed E-state index contributed by atoms with van der Waals surface area (Å²) < 4.78 is 12.8. The normalized spacial score (nSPS) is 18.5. The number of anilines is 1. The lowest BCUT2D eigenvalue weighted by molar-refractivity contribution is -0.125. The second-order valence-corrected chi connectivity index (χ2v) is 6.69. The van der Waals surface area contributed by atoms with Crippen LogP contribution in [-0.2, 0) is 16.1 Å². The summed E-state index contributed by atoms with van der Waals surface area (Å²) in [4.78, 5) is 24.4. The minimum atomic E-state index is -0.402. The largest absolute Gasteiger partial charge is 0.352 e. The highest BCUT2D eigenvalue weighted by molar-refractivity contribution is 6.39. The first-order chi connectivity index (χ1) is 12.0. The standard InChI is InChI=1S/C18H15Cl2FN2O2/c19-14-2-1-3-15(20)16(14)23-18(25)13-8-12(13)17(24)22-9-10-4-6-11(21)7-5-10/h1-7,12-13H,8-9H2,(H,22,24)(H,23,25). The smallest absolute Gasteiger partial charge is 0.228 e. The van der Waals surface area contributed by atoms with Gasteiger partial charge in [0, 0.05) is 6.54 Å². The molecule has 25 heavy (non-hydrogen) atoms. The number of benzene rings is 2. The van der Waals surface area contributed by atoms with Gasteiger partial charge in [-0.3, -0.25) is 9.59 Å². The molecule has 1 aliphatic rings. The van der Waals surface area contributed by atoms with Crippen LogP contribution >= 0.6 is 23.2 Å². The molecular weight excluding hydrogens is 366 g/mol. The van der Waals surface area contributed by atoms with Gasteiger partial charge in [0.25, 0.3) is 0 Å². The first-order valence-electron chi connectivity index (χ1n) is 7.72. The Labute approximate surface area is 154 Å². The molecule has 4 nitrogen and oxygen atoms in total. The molecule has 0 heterocycles. The fourth-order valence-corrected chi connectivity index (χ4v) is 3.02. The van der Waals surface area contributed by atoms with Gasteiger partial charge in [0.2, 0.25) is 11.8 Å². The Bertz CT molecular complexity index is 791. The van der Waals surface area contributed by atoms with E-state index in [0.29, 0.717) is 28.7 Å². The van der Waals surface area contributed by atoms with Gasteiger partial charge in [0.05, 0.1) is 27.6 Å². The summed E-state index contributed by atoms with van der Waals surface area (Å²) in [5.74, 6) is -1.58. The summed E-state index contributed by atoms with van der Waals surface area (Å²) in [6.07, 6.45) is 0.475. The van der Waals surface area contributed by atoms with Crippen LogP contribution in [0.2, 0.25) is 10.0 Å². The van der Waals surface area contributed by atoms with Crippen molar-refractivity contribution in [2.45, 2.75) is 13.0 Å². The molecule has 130 valence electrons. The molecule has 1 aliphatic carbocycles. The van der Waals surface area contributed by atoms with Crippen LogP contribution in [0, 0.1) is 17.7 Å². The Hall–Kier alpha value is -2.11. The maximum Gasteiger partial charge on any atom is 0.228 e. The molecule has 0 saturated heterocycles. The van der Waals surface area contributed by atoms with E-state index in [-0.39, 0.29) is 23.5 Å². The van der Waals surface area contributed by atoms with E-state index in [1.807, 2.05) is 0 Å². The third kappa shape index (κ3) is 4.30. The van der Waals surface area contributed by atoms with Crippen molar-refractivity contribution in [1.82, 2.24) is 5.32 Å². The number of para-hydroxylation sites is 1.